The molecule has 84 valence electrons. The zero-order valence-electron chi connectivity index (χ0n) is 9.36. The Morgan fingerprint density at radius 3 is 2.67 bits per heavy atom. The molecule has 15 heavy (non-hydrogen) atoms. The molecular weight excluding hydrogens is 210 g/mol. The summed E-state index contributed by atoms with van der Waals surface area (Å²) in [5, 5.41) is 8.78. The first-order valence-electron chi connectivity index (χ1n) is 5.06. The number of aliphatic carboxylic acids is 1. The molecule has 0 aromatic carbocycles. The van der Waals surface area contributed by atoms with Crippen LogP contribution in [0.5, 0.6) is 0 Å². The number of likely N-dealkylation sites (N-methyl/N-ethyl adjacent to an activating group) is 1. The number of thiophene rings is 1. The molecule has 1 heterocycles. The van der Waals surface area contributed by atoms with Crippen LogP contribution in [0.1, 0.15) is 29.6 Å². The van der Waals surface area contributed by atoms with E-state index in [0.717, 1.165) is 6.54 Å². The average molecular weight is 227 g/mol. The lowest BCUT2D eigenvalue weighted by Gasteiger charge is -2.24. The Labute approximate surface area is 94.3 Å². The van der Waals surface area contributed by atoms with Crippen LogP contribution in [-0.2, 0) is 4.79 Å². The van der Waals surface area contributed by atoms with Gasteiger partial charge in [-0.1, -0.05) is 6.92 Å². The second kappa shape index (κ2) is 5.28. The Bertz CT molecular complexity index is 335. The van der Waals surface area contributed by atoms with E-state index in [0.29, 0.717) is 0 Å². The predicted molar refractivity (Wildman–Crippen MR) is 62.4 cm³/mol. The molecule has 1 aromatic rings. The van der Waals surface area contributed by atoms with Gasteiger partial charge < -0.3 is 5.11 Å². The molecule has 1 rings (SSSR count). The molecule has 0 saturated heterocycles. The Kier molecular flexibility index (Phi) is 4.29. The zero-order valence-corrected chi connectivity index (χ0v) is 10.2. The highest BCUT2D eigenvalue weighted by Gasteiger charge is 2.17. The number of carbonyl (C=O) groups is 1. The van der Waals surface area contributed by atoms with Crippen LogP contribution in [0.3, 0.4) is 0 Å². The molecule has 0 aliphatic rings. The second-order valence-electron chi connectivity index (χ2n) is 3.58. The normalized spacial score (nSPS) is 13.1. The van der Waals surface area contributed by atoms with Gasteiger partial charge in [0.05, 0.1) is 6.54 Å². The average Bonchev–Trinajstić information content (AvgIpc) is 2.60. The summed E-state index contributed by atoms with van der Waals surface area (Å²) in [6.45, 7) is 6.96. The van der Waals surface area contributed by atoms with Gasteiger partial charge in [0.15, 0.2) is 0 Å². The van der Waals surface area contributed by atoms with Crippen molar-refractivity contribution in [2.45, 2.75) is 26.8 Å². The number of hydrogen-bond donors (Lipinski definition) is 1. The molecular formula is C11H17NO2S. The van der Waals surface area contributed by atoms with E-state index >= 15 is 0 Å². The van der Waals surface area contributed by atoms with Crippen molar-refractivity contribution in [1.29, 1.82) is 0 Å². The fourth-order valence-corrected chi connectivity index (χ4v) is 2.52. The quantitative estimate of drug-likeness (QED) is 0.840. The van der Waals surface area contributed by atoms with Crippen LogP contribution >= 0.6 is 11.3 Å². The summed E-state index contributed by atoms with van der Waals surface area (Å²) in [7, 11) is 0. The third-order valence-electron chi connectivity index (χ3n) is 2.47. The lowest BCUT2D eigenvalue weighted by atomic mass is 10.2. The zero-order chi connectivity index (χ0) is 11.4. The Balaban J connectivity index is 2.72. The van der Waals surface area contributed by atoms with E-state index in [1.54, 1.807) is 11.3 Å². The van der Waals surface area contributed by atoms with Gasteiger partial charge in [0.2, 0.25) is 0 Å². The van der Waals surface area contributed by atoms with Crippen LogP contribution in [-0.4, -0.2) is 29.1 Å². The third-order valence-corrected chi connectivity index (χ3v) is 3.64. The smallest absolute Gasteiger partial charge is 0.317 e. The standard InChI is InChI=1S/C11H17NO2S/c1-4-12(7-11(13)14)9(3)10-6-5-8(2)15-10/h5-6,9H,4,7H2,1-3H3,(H,13,14). The first kappa shape index (κ1) is 12.2. The molecule has 0 spiro atoms. The summed E-state index contributed by atoms with van der Waals surface area (Å²) < 4.78 is 0. The highest BCUT2D eigenvalue weighted by molar-refractivity contribution is 7.12. The first-order chi connectivity index (χ1) is 7.04. The van der Waals surface area contributed by atoms with E-state index in [1.807, 2.05) is 11.8 Å². The molecule has 1 N–H and O–H groups in total. The van der Waals surface area contributed by atoms with Crippen LogP contribution in [0.2, 0.25) is 0 Å². The highest BCUT2D eigenvalue weighted by Crippen LogP contribution is 2.26. The number of hydrogen-bond acceptors (Lipinski definition) is 3. The van der Waals surface area contributed by atoms with Crippen molar-refractivity contribution >= 4 is 17.3 Å². The third kappa shape index (κ3) is 3.32. The van der Waals surface area contributed by atoms with Crippen molar-refractivity contribution in [1.82, 2.24) is 4.90 Å². The molecule has 0 saturated carbocycles. The molecule has 4 heteroatoms. The minimum atomic E-state index is -0.767. The van der Waals surface area contributed by atoms with Crippen molar-refractivity contribution in [2.24, 2.45) is 0 Å². The first-order valence-corrected chi connectivity index (χ1v) is 5.88. The van der Waals surface area contributed by atoms with Gasteiger partial charge in [0, 0.05) is 15.8 Å². The lowest BCUT2D eigenvalue weighted by Crippen LogP contribution is -2.31. The van der Waals surface area contributed by atoms with Gasteiger partial charge in [-0.15, -0.1) is 11.3 Å². The number of carboxylic acids is 1. The minimum Gasteiger partial charge on any atom is -0.480 e. The molecule has 0 aliphatic carbocycles. The van der Waals surface area contributed by atoms with Gasteiger partial charge in [-0.3, -0.25) is 9.69 Å². The predicted octanol–water partition coefficient (Wildman–Crippen LogP) is 2.52. The summed E-state index contributed by atoms with van der Waals surface area (Å²) in [6.07, 6.45) is 0. The van der Waals surface area contributed by atoms with E-state index in [2.05, 4.69) is 26.0 Å². The summed E-state index contributed by atoms with van der Waals surface area (Å²) in [5.74, 6) is -0.767. The number of carboxylic acid groups (broad SMARTS) is 1. The summed E-state index contributed by atoms with van der Waals surface area (Å²) in [4.78, 5) is 15.1. The van der Waals surface area contributed by atoms with E-state index in [4.69, 9.17) is 5.11 Å². The van der Waals surface area contributed by atoms with Crippen molar-refractivity contribution in [3.05, 3.63) is 21.9 Å². The van der Waals surface area contributed by atoms with Crippen LogP contribution in [0.4, 0.5) is 0 Å². The SMILES string of the molecule is CCN(CC(=O)O)C(C)c1ccc(C)s1. The second-order valence-corrected chi connectivity index (χ2v) is 4.90. The van der Waals surface area contributed by atoms with E-state index in [-0.39, 0.29) is 12.6 Å². The van der Waals surface area contributed by atoms with Crippen molar-refractivity contribution in [2.75, 3.05) is 13.1 Å². The van der Waals surface area contributed by atoms with Crippen LogP contribution in [0.25, 0.3) is 0 Å². The van der Waals surface area contributed by atoms with Gasteiger partial charge in [0.25, 0.3) is 0 Å². The largest absolute Gasteiger partial charge is 0.480 e. The molecule has 0 aliphatic heterocycles. The lowest BCUT2D eigenvalue weighted by molar-refractivity contribution is -0.138. The van der Waals surface area contributed by atoms with Crippen molar-refractivity contribution in [3.63, 3.8) is 0 Å². The number of nitrogens with zero attached hydrogens (tertiary/aromatic N) is 1. The van der Waals surface area contributed by atoms with E-state index in [1.165, 1.54) is 9.75 Å². The van der Waals surface area contributed by atoms with Gasteiger partial charge in [-0.25, -0.2) is 0 Å². The molecule has 0 radical (unpaired) electrons. The highest BCUT2D eigenvalue weighted by atomic mass is 32.1. The molecule has 0 bridgehead atoms. The summed E-state index contributed by atoms with van der Waals surface area (Å²) in [6, 6.07) is 4.34. The fourth-order valence-electron chi connectivity index (χ4n) is 1.55. The monoisotopic (exact) mass is 227 g/mol. The minimum absolute atomic E-state index is 0.106. The van der Waals surface area contributed by atoms with Gasteiger partial charge >= 0.3 is 5.97 Å². The van der Waals surface area contributed by atoms with Crippen LogP contribution in [0, 0.1) is 6.92 Å². The Hall–Kier alpha value is -0.870. The molecule has 1 aromatic heterocycles. The molecule has 1 atom stereocenters. The van der Waals surface area contributed by atoms with Gasteiger partial charge in [0.1, 0.15) is 0 Å². The number of rotatable bonds is 5. The topological polar surface area (TPSA) is 40.5 Å². The molecule has 1 unspecified atom stereocenters. The molecule has 3 nitrogen and oxygen atoms in total. The molecule has 0 amide bonds. The number of aryl methyl sites for hydroxylation is 1. The maximum Gasteiger partial charge on any atom is 0.317 e. The maximum atomic E-state index is 10.7. The van der Waals surface area contributed by atoms with Crippen molar-refractivity contribution < 1.29 is 9.90 Å². The van der Waals surface area contributed by atoms with E-state index < -0.39 is 5.97 Å². The van der Waals surface area contributed by atoms with Gasteiger partial charge in [-0.2, -0.15) is 0 Å². The maximum absolute atomic E-state index is 10.7. The summed E-state index contributed by atoms with van der Waals surface area (Å²) >= 11 is 1.73. The van der Waals surface area contributed by atoms with E-state index in [9.17, 15) is 4.79 Å². The van der Waals surface area contributed by atoms with Crippen LogP contribution in [0.15, 0.2) is 12.1 Å². The van der Waals surface area contributed by atoms with Gasteiger partial charge in [-0.05, 0) is 32.5 Å². The molecule has 0 fully saturated rings. The van der Waals surface area contributed by atoms with Crippen molar-refractivity contribution in [3.8, 4) is 0 Å². The Morgan fingerprint density at radius 2 is 2.27 bits per heavy atom. The van der Waals surface area contributed by atoms with Crippen LogP contribution < -0.4 is 0 Å². The fraction of sp³-hybridized carbons (Fsp3) is 0.545. The summed E-state index contributed by atoms with van der Waals surface area (Å²) in [5.41, 5.74) is 0. The Morgan fingerprint density at radius 1 is 1.60 bits per heavy atom.